The molecule has 0 saturated heterocycles. The van der Waals surface area contributed by atoms with Crippen LogP contribution in [0.1, 0.15) is 75.8 Å². The Balaban J connectivity index is 1.76. The summed E-state index contributed by atoms with van der Waals surface area (Å²) in [6, 6.07) is 8.63. The van der Waals surface area contributed by atoms with Crippen LogP contribution in [0.3, 0.4) is 0 Å². The van der Waals surface area contributed by atoms with E-state index in [4.69, 9.17) is 0 Å². The largest absolute Gasteiger partial charge is 0.321 e. The van der Waals surface area contributed by atoms with Crippen molar-refractivity contribution >= 4 is 35.1 Å². The molecule has 2 aromatic rings. The first-order chi connectivity index (χ1) is 15.6. The normalized spacial score (nSPS) is 17.7. The van der Waals surface area contributed by atoms with Crippen LogP contribution in [0.5, 0.6) is 0 Å². The van der Waals surface area contributed by atoms with Crippen LogP contribution in [0.15, 0.2) is 40.6 Å². The maximum Gasteiger partial charge on any atom is 0.231 e. The number of thioether (sulfide) groups is 2. The molecule has 1 aliphatic carbocycles. The van der Waals surface area contributed by atoms with Crippen molar-refractivity contribution in [3.8, 4) is 0 Å². The van der Waals surface area contributed by atoms with Gasteiger partial charge in [0.1, 0.15) is 22.1 Å². The van der Waals surface area contributed by atoms with E-state index in [0.717, 1.165) is 47.8 Å². The summed E-state index contributed by atoms with van der Waals surface area (Å²) in [5.41, 5.74) is 3.14. The van der Waals surface area contributed by atoms with Crippen LogP contribution in [0.4, 0.5) is 5.69 Å². The lowest BCUT2D eigenvalue weighted by Crippen LogP contribution is -2.41. The fraction of sp³-hybridized carbons (Fsp3) is 0.577. The highest BCUT2D eigenvalue weighted by Gasteiger charge is 2.41. The van der Waals surface area contributed by atoms with Gasteiger partial charge in [-0.05, 0) is 49.3 Å². The number of hydrogen-bond acceptors (Lipinski definition) is 5. The predicted molar refractivity (Wildman–Crippen MR) is 138 cm³/mol. The number of amides is 1. The second-order valence-electron chi connectivity index (χ2n) is 8.82. The summed E-state index contributed by atoms with van der Waals surface area (Å²) >= 11 is 3.11. The van der Waals surface area contributed by atoms with Crippen molar-refractivity contribution < 1.29 is 4.79 Å². The van der Waals surface area contributed by atoms with Gasteiger partial charge in [0.15, 0.2) is 0 Å². The van der Waals surface area contributed by atoms with Gasteiger partial charge < -0.3 is 5.32 Å². The molecule has 1 N–H and O–H groups in total. The second kappa shape index (κ2) is 12.6. The van der Waals surface area contributed by atoms with Gasteiger partial charge in [0.25, 0.3) is 0 Å². The lowest BCUT2D eigenvalue weighted by Gasteiger charge is -2.37. The van der Waals surface area contributed by atoms with Gasteiger partial charge in [-0.15, -0.1) is 23.5 Å². The molecule has 32 heavy (non-hydrogen) atoms. The average Bonchev–Trinajstić information content (AvgIpc) is 2.83. The van der Waals surface area contributed by atoms with E-state index < -0.39 is 0 Å². The fourth-order valence-corrected chi connectivity index (χ4v) is 5.83. The molecule has 0 radical (unpaired) electrons. The standard InChI is InChI=1S/C26H37N3OS2/c1-4-5-6-7-8-9-12-16-26(17-15-20-13-10-11-14-21(20)18-26)25(30)29-22-23(31-2)27-19-28-24(22)32-3/h10-11,13-14,19H,4-9,12,15-18H2,1-3H3,(H,29,30). The van der Waals surface area contributed by atoms with E-state index in [2.05, 4.69) is 46.5 Å². The van der Waals surface area contributed by atoms with Crippen molar-refractivity contribution in [3.63, 3.8) is 0 Å². The SMILES string of the molecule is CCCCCCCCCC1(C(=O)Nc2c(SC)ncnc2SC)CCc2ccccc2C1. The molecule has 1 aromatic carbocycles. The molecule has 4 nitrogen and oxygen atoms in total. The number of aryl methyl sites for hydroxylation is 1. The van der Waals surface area contributed by atoms with Gasteiger partial charge in [0.05, 0.1) is 5.41 Å². The first kappa shape index (κ1) is 25.1. The Hall–Kier alpha value is -1.53. The minimum absolute atomic E-state index is 0.137. The minimum atomic E-state index is -0.362. The van der Waals surface area contributed by atoms with Crippen LogP contribution in [-0.2, 0) is 17.6 Å². The maximum absolute atomic E-state index is 13.9. The summed E-state index contributed by atoms with van der Waals surface area (Å²) < 4.78 is 0. The predicted octanol–water partition coefficient (Wildman–Crippen LogP) is 7.17. The van der Waals surface area contributed by atoms with Crippen LogP contribution >= 0.6 is 23.5 Å². The maximum atomic E-state index is 13.9. The summed E-state index contributed by atoms with van der Waals surface area (Å²) in [6.45, 7) is 2.26. The van der Waals surface area contributed by atoms with Crippen LogP contribution in [0.2, 0.25) is 0 Å². The number of hydrogen-bond donors (Lipinski definition) is 1. The molecule has 1 aromatic heterocycles. The fourth-order valence-electron chi connectivity index (χ4n) is 4.76. The van der Waals surface area contributed by atoms with Gasteiger partial charge in [-0.2, -0.15) is 0 Å². The number of rotatable bonds is 12. The molecular formula is C26H37N3OS2. The Morgan fingerprint density at radius 1 is 0.969 bits per heavy atom. The molecule has 1 heterocycles. The number of carbonyl (C=O) groups excluding carboxylic acids is 1. The Morgan fingerprint density at radius 3 is 2.25 bits per heavy atom. The molecule has 0 bridgehead atoms. The highest BCUT2D eigenvalue weighted by atomic mass is 32.2. The topological polar surface area (TPSA) is 54.9 Å². The number of nitrogens with zero attached hydrogens (tertiary/aromatic N) is 2. The quantitative estimate of drug-likeness (QED) is 0.202. The molecule has 0 aliphatic heterocycles. The van der Waals surface area contributed by atoms with Gasteiger partial charge in [0.2, 0.25) is 5.91 Å². The highest BCUT2D eigenvalue weighted by Crippen LogP contribution is 2.42. The third-order valence-corrected chi connectivity index (χ3v) is 8.06. The molecule has 1 unspecified atom stereocenters. The molecule has 0 fully saturated rings. The Bertz CT molecular complexity index is 867. The van der Waals surface area contributed by atoms with E-state index in [1.807, 2.05) is 12.5 Å². The zero-order valence-electron chi connectivity index (χ0n) is 19.8. The van der Waals surface area contributed by atoms with Crippen molar-refractivity contribution in [2.24, 2.45) is 5.41 Å². The first-order valence-electron chi connectivity index (χ1n) is 11.9. The lowest BCUT2D eigenvalue weighted by atomic mass is 9.68. The number of aromatic nitrogens is 2. The van der Waals surface area contributed by atoms with Gasteiger partial charge in [-0.1, -0.05) is 76.1 Å². The van der Waals surface area contributed by atoms with Crippen molar-refractivity contribution in [1.29, 1.82) is 0 Å². The van der Waals surface area contributed by atoms with E-state index in [-0.39, 0.29) is 11.3 Å². The first-order valence-corrected chi connectivity index (χ1v) is 14.4. The third-order valence-electron chi connectivity index (χ3n) is 6.66. The third kappa shape index (κ3) is 6.28. The average molecular weight is 472 g/mol. The minimum Gasteiger partial charge on any atom is -0.321 e. The van der Waals surface area contributed by atoms with E-state index in [1.54, 1.807) is 29.9 Å². The number of fused-ring (bicyclic) bond motifs is 1. The molecule has 6 heteroatoms. The highest BCUT2D eigenvalue weighted by molar-refractivity contribution is 7.99. The molecule has 0 saturated carbocycles. The number of nitrogens with one attached hydrogen (secondary N) is 1. The number of anilines is 1. The zero-order chi connectivity index (χ0) is 22.8. The second-order valence-corrected chi connectivity index (χ2v) is 10.4. The van der Waals surface area contributed by atoms with Gasteiger partial charge in [0, 0.05) is 0 Å². The van der Waals surface area contributed by atoms with E-state index in [9.17, 15) is 4.79 Å². The van der Waals surface area contributed by atoms with Crippen molar-refractivity contribution in [1.82, 2.24) is 9.97 Å². The zero-order valence-corrected chi connectivity index (χ0v) is 21.4. The number of unbranched alkanes of at least 4 members (excludes halogenated alkanes) is 6. The van der Waals surface area contributed by atoms with Gasteiger partial charge >= 0.3 is 0 Å². The van der Waals surface area contributed by atoms with Crippen molar-refractivity contribution in [2.45, 2.75) is 87.6 Å². The number of benzene rings is 1. The monoisotopic (exact) mass is 471 g/mol. The molecule has 1 atom stereocenters. The Morgan fingerprint density at radius 2 is 1.59 bits per heavy atom. The Kier molecular flexibility index (Phi) is 9.92. The molecule has 174 valence electrons. The van der Waals surface area contributed by atoms with Crippen molar-refractivity contribution in [3.05, 3.63) is 41.7 Å². The summed E-state index contributed by atoms with van der Waals surface area (Å²) in [5.74, 6) is 0.137. The number of carbonyl (C=O) groups is 1. The molecular weight excluding hydrogens is 434 g/mol. The van der Waals surface area contributed by atoms with Crippen LogP contribution in [0, 0.1) is 5.41 Å². The lowest BCUT2D eigenvalue weighted by molar-refractivity contribution is -0.126. The van der Waals surface area contributed by atoms with Gasteiger partial charge in [-0.3, -0.25) is 4.79 Å². The summed E-state index contributed by atoms with van der Waals surface area (Å²) in [6.07, 6.45) is 18.0. The summed E-state index contributed by atoms with van der Waals surface area (Å²) in [7, 11) is 0. The van der Waals surface area contributed by atoms with Crippen LogP contribution < -0.4 is 5.32 Å². The Labute approximate surface area is 202 Å². The van der Waals surface area contributed by atoms with Crippen LogP contribution in [-0.4, -0.2) is 28.4 Å². The molecule has 1 amide bonds. The summed E-state index contributed by atoms with van der Waals surface area (Å²) in [4.78, 5) is 22.7. The molecule has 0 spiro atoms. The van der Waals surface area contributed by atoms with Gasteiger partial charge in [-0.25, -0.2) is 9.97 Å². The van der Waals surface area contributed by atoms with Crippen molar-refractivity contribution in [2.75, 3.05) is 17.8 Å². The van der Waals surface area contributed by atoms with Crippen LogP contribution in [0.25, 0.3) is 0 Å². The van der Waals surface area contributed by atoms with E-state index in [0.29, 0.717) is 0 Å². The smallest absolute Gasteiger partial charge is 0.231 e. The molecule has 3 rings (SSSR count). The van der Waals surface area contributed by atoms with E-state index >= 15 is 0 Å². The summed E-state index contributed by atoms with van der Waals surface area (Å²) in [5, 5.41) is 4.95. The molecule has 1 aliphatic rings. The van der Waals surface area contributed by atoms with E-state index in [1.165, 1.54) is 49.7 Å².